The Bertz CT molecular complexity index is 556. The van der Waals surface area contributed by atoms with E-state index in [9.17, 15) is 9.59 Å². The largest absolute Gasteiger partial charge is 0.465 e. The first-order chi connectivity index (χ1) is 10.1. The molecule has 0 aliphatic carbocycles. The number of methoxy groups -OCH3 is 1. The van der Waals surface area contributed by atoms with Crippen molar-refractivity contribution in [1.29, 1.82) is 0 Å². The van der Waals surface area contributed by atoms with Crippen LogP contribution < -0.4 is 15.5 Å². The summed E-state index contributed by atoms with van der Waals surface area (Å²) in [4.78, 5) is 25.4. The predicted molar refractivity (Wildman–Crippen MR) is 85.7 cm³/mol. The Morgan fingerprint density at radius 2 is 1.86 bits per heavy atom. The molecule has 2 aliphatic heterocycles. The van der Waals surface area contributed by atoms with Gasteiger partial charge in [-0.2, -0.15) is 0 Å². The van der Waals surface area contributed by atoms with Crippen molar-refractivity contribution in [3.8, 4) is 0 Å². The quantitative estimate of drug-likeness (QED) is 0.809. The van der Waals surface area contributed by atoms with Gasteiger partial charge in [0.25, 0.3) is 0 Å². The monoisotopic (exact) mass is 325 g/mol. The van der Waals surface area contributed by atoms with E-state index in [4.69, 9.17) is 0 Å². The molecule has 2 saturated heterocycles. The number of piperidine rings is 1. The number of hydrogen-bond acceptors (Lipinski definition) is 4. The van der Waals surface area contributed by atoms with Crippen LogP contribution >= 0.6 is 12.4 Å². The van der Waals surface area contributed by atoms with Crippen molar-refractivity contribution in [1.82, 2.24) is 10.6 Å². The fraction of sp³-hybridized carbons (Fsp3) is 0.467. The van der Waals surface area contributed by atoms with Crippen LogP contribution in [0.5, 0.6) is 0 Å². The molecule has 0 atom stereocenters. The third kappa shape index (κ3) is 3.03. The van der Waals surface area contributed by atoms with Crippen LogP contribution in [0.1, 0.15) is 23.2 Å². The molecule has 2 aliphatic rings. The van der Waals surface area contributed by atoms with Gasteiger partial charge >= 0.3 is 12.0 Å². The Hall–Kier alpha value is -1.79. The maximum Gasteiger partial charge on any atom is 0.337 e. The highest BCUT2D eigenvalue weighted by molar-refractivity contribution is 5.96. The molecule has 3 rings (SSSR count). The van der Waals surface area contributed by atoms with Gasteiger partial charge in [-0.1, -0.05) is 0 Å². The Labute approximate surface area is 135 Å². The maximum atomic E-state index is 12.2. The molecule has 120 valence electrons. The minimum Gasteiger partial charge on any atom is -0.465 e. The second-order valence-corrected chi connectivity index (χ2v) is 5.59. The number of hydrogen-bond donors (Lipinski definition) is 2. The number of amides is 2. The van der Waals surface area contributed by atoms with Crippen molar-refractivity contribution < 1.29 is 14.3 Å². The van der Waals surface area contributed by atoms with Gasteiger partial charge in [0, 0.05) is 5.69 Å². The lowest BCUT2D eigenvalue weighted by atomic mass is 9.89. The molecule has 2 N–H and O–H groups in total. The molecule has 2 fully saturated rings. The summed E-state index contributed by atoms with van der Waals surface area (Å²) in [6.07, 6.45) is 1.88. The van der Waals surface area contributed by atoms with Crippen molar-refractivity contribution in [2.45, 2.75) is 18.4 Å². The average molecular weight is 326 g/mol. The molecule has 2 heterocycles. The molecule has 1 spiro atoms. The zero-order valence-corrected chi connectivity index (χ0v) is 13.2. The van der Waals surface area contributed by atoms with E-state index >= 15 is 0 Å². The lowest BCUT2D eigenvalue weighted by Gasteiger charge is -2.32. The van der Waals surface area contributed by atoms with Crippen molar-refractivity contribution in [3.05, 3.63) is 29.8 Å². The fourth-order valence-corrected chi connectivity index (χ4v) is 3.00. The number of esters is 1. The predicted octanol–water partition coefficient (Wildman–Crippen LogP) is 1.55. The van der Waals surface area contributed by atoms with E-state index in [-0.39, 0.29) is 29.9 Å². The van der Waals surface area contributed by atoms with Crippen LogP contribution in [0.3, 0.4) is 0 Å². The van der Waals surface area contributed by atoms with Gasteiger partial charge in [-0.3, -0.25) is 4.90 Å². The van der Waals surface area contributed by atoms with Gasteiger partial charge in [-0.15, -0.1) is 12.4 Å². The lowest BCUT2D eigenvalue weighted by Crippen LogP contribution is -2.51. The summed E-state index contributed by atoms with van der Waals surface area (Å²) in [7, 11) is 1.35. The zero-order valence-electron chi connectivity index (χ0n) is 12.4. The van der Waals surface area contributed by atoms with E-state index in [1.807, 2.05) is 0 Å². The van der Waals surface area contributed by atoms with Crippen LogP contribution in [0.4, 0.5) is 10.5 Å². The number of rotatable bonds is 2. The van der Waals surface area contributed by atoms with Gasteiger partial charge in [0.05, 0.1) is 24.8 Å². The van der Waals surface area contributed by atoms with Crippen molar-refractivity contribution in [3.63, 3.8) is 0 Å². The zero-order chi connectivity index (χ0) is 14.9. The smallest absolute Gasteiger partial charge is 0.337 e. The van der Waals surface area contributed by atoms with E-state index < -0.39 is 0 Å². The van der Waals surface area contributed by atoms with Gasteiger partial charge in [0.2, 0.25) is 0 Å². The Morgan fingerprint density at radius 1 is 1.23 bits per heavy atom. The van der Waals surface area contributed by atoms with E-state index in [1.54, 1.807) is 29.2 Å². The Balaban J connectivity index is 0.00000176. The molecule has 0 aromatic heterocycles. The summed E-state index contributed by atoms with van der Waals surface area (Å²) in [5.41, 5.74) is 1.16. The third-order valence-electron chi connectivity index (χ3n) is 4.24. The highest BCUT2D eigenvalue weighted by Crippen LogP contribution is 2.29. The van der Waals surface area contributed by atoms with Gasteiger partial charge in [0.15, 0.2) is 0 Å². The molecule has 1 aromatic carbocycles. The first kappa shape index (κ1) is 16.6. The summed E-state index contributed by atoms with van der Waals surface area (Å²) in [5, 5.41) is 6.43. The molecule has 1 aromatic rings. The number of ether oxygens (including phenoxy) is 1. The molecular weight excluding hydrogens is 306 g/mol. The average Bonchev–Trinajstić information content (AvgIpc) is 2.83. The number of benzene rings is 1. The number of carbonyl (C=O) groups is 2. The van der Waals surface area contributed by atoms with Crippen LogP contribution in [0.25, 0.3) is 0 Å². The fourth-order valence-electron chi connectivity index (χ4n) is 3.00. The van der Waals surface area contributed by atoms with Crippen LogP contribution in [-0.2, 0) is 4.74 Å². The minimum absolute atomic E-state index is 0. The topological polar surface area (TPSA) is 70.7 Å². The maximum absolute atomic E-state index is 12.2. The molecule has 6 nitrogen and oxygen atoms in total. The van der Waals surface area contributed by atoms with Gasteiger partial charge in [0.1, 0.15) is 0 Å². The SMILES string of the molecule is COC(=O)c1ccc(N2CC3(CCNCC3)NC2=O)cc1.Cl. The molecular formula is C15H20ClN3O3. The summed E-state index contributed by atoms with van der Waals surface area (Å²) in [6.45, 7) is 2.52. The first-order valence-electron chi connectivity index (χ1n) is 7.12. The molecule has 0 radical (unpaired) electrons. The van der Waals surface area contributed by atoms with Gasteiger partial charge < -0.3 is 15.4 Å². The second kappa shape index (κ2) is 6.54. The standard InChI is InChI=1S/C15H19N3O3.ClH/c1-21-13(19)11-2-4-12(5-3-11)18-10-15(17-14(18)20)6-8-16-9-7-15;/h2-5,16H,6-10H2,1H3,(H,17,20);1H. The minimum atomic E-state index is -0.373. The molecule has 2 amide bonds. The highest BCUT2D eigenvalue weighted by Gasteiger charge is 2.43. The van der Waals surface area contributed by atoms with Crippen molar-refractivity contribution in [2.75, 3.05) is 31.6 Å². The van der Waals surface area contributed by atoms with E-state index in [0.717, 1.165) is 31.6 Å². The first-order valence-corrected chi connectivity index (χ1v) is 7.12. The lowest BCUT2D eigenvalue weighted by molar-refractivity contribution is 0.0600. The van der Waals surface area contributed by atoms with Crippen LogP contribution in [-0.4, -0.2) is 44.3 Å². The normalized spacial score (nSPS) is 19.5. The highest BCUT2D eigenvalue weighted by atomic mass is 35.5. The van der Waals surface area contributed by atoms with Crippen molar-refractivity contribution >= 4 is 30.1 Å². The number of nitrogens with zero attached hydrogens (tertiary/aromatic N) is 1. The number of halogens is 1. The van der Waals surface area contributed by atoms with E-state index in [1.165, 1.54) is 7.11 Å². The van der Waals surface area contributed by atoms with Crippen LogP contribution in [0.15, 0.2) is 24.3 Å². The molecule has 7 heteroatoms. The van der Waals surface area contributed by atoms with E-state index in [0.29, 0.717) is 12.1 Å². The number of carbonyl (C=O) groups excluding carboxylic acids is 2. The Kier molecular flexibility index (Phi) is 4.93. The number of anilines is 1. The molecule has 0 bridgehead atoms. The van der Waals surface area contributed by atoms with E-state index in [2.05, 4.69) is 15.4 Å². The molecule has 0 unspecified atom stereocenters. The summed E-state index contributed by atoms with van der Waals surface area (Å²) < 4.78 is 4.67. The third-order valence-corrected chi connectivity index (χ3v) is 4.24. The summed E-state index contributed by atoms with van der Waals surface area (Å²) >= 11 is 0. The van der Waals surface area contributed by atoms with Gasteiger partial charge in [-0.05, 0) is 50.2 Å². The number of urea groups is 1. The second-order valence-electron chi connectivity index (χ2n) is 5.59. The summed E-state index contributed by atoms with van der Waals surface area (Å²) in [6, 6.07) is 6.87. The van der Waals surface area contributed by atoms with Gasteiger partial charge in [-0.25, -0.2) is 9.59 Å². The summed E-state index contributed by atoms with van der Waals surface area (Å²) in [5.74, 6) is -0.373. The van der Waals surface area contributed by atoms with Crippen molar-refractivity contribution in [2.24, 2.45) is 0 Å². The Morgan fingerprint density at radius 3 is 2.45 bits per heavy atom. The number of nitrogens with one attached hydrogen (secondary N) is 2. The molecule has 0 saturated carbocycles. The molecule has 22 heavy (non-hydrogen) atoms. The van der Waals surface area contributed by atoms with Crippen LogP contribution in [0, 0.1) is 0 Å². The van der Waals surface area contributed by atoms with Crippen LogP contribution in [0.2, 0.25) is 0 Å².